The van der Waals surface area contributed by atoms with Crippen molar-refractivity contribution >= 4 is 22.7 Å². The molecule has 0 amide bonds. The number of para-hydroxylation sites is 1. The van der Waals surface area contributed by atoms with E-state index >= 15 is 0 Å². The van der Waals surface area contributed by atoms with Crippen molar-refractivity contribution in [3.63, 3.8) is 0 Å². The van der Waals surface area contributed by atoms with Gasteiger partial charge in [0.25, 0.3) is 0 Å². The van der Waals surface area contributed by atoms with Crippen molar-refractivity contribution in [2.45, 2.75) is 40.2 Å². The Morgan fingerprint density at radius 3 is 2.65 bits per heavy atom. The third kappa shape index (κ3) is 3.40. The van der Waals surface area contributed by atoms with Gasteiger partial charge in [0.1, 0.15) is 5.69 Å². The largest absolute Gasteiger partial charge is 0.457 e. The van der Waals surface area contributed by atoms with Gasteiger partial charge >= 0.3 is 5.97 Å². The van der Waals surface area contributed by atoms with Gasteiger partial charge in [-0.2, -0.15) is 0 Å². The van der Waals surface area contributed by atoms with Crippen LogP contribution in [0, 0.1) is 13.8 Å². The highest BCUT2D eigenvalue weighted by Crippen LogP contribution is 2.21. The van der Waals surface area contributed by atoms with Crippen molar-refractivity contribution in [1.29, 1.82) is 0 Å². The van der Waals surface area contributed by atoms with Gasteiger partial charge in [0.15, 0.2) is 12.2 Å². The third-order valence-electron chi connectivity index (χ3n) is 4.43. The lowest BCUT2D eigenvalue weighted by atomic mass is 10.1. The predicted octanol–water partition coefficient (Wildman–Crippen LogP) is 3.80. The maximum atomic E-state index is 12.4. The molecular formula is C20H22N2O4. The average molecular weight is 354 g/mol. The Labute approximate surface area is 151 Å². The normalized spacial score (nSPS) is 11.3. The second-order valence-corrected chi connectivity index (χ2v) is 6.63. The standard InChI is InChI=1S/C20H22N2O4/c1-12(2)22-13(3)9-16(14(22)4)18(23)11-25-20(24)10-17-15-7-5-6-8-19(15)26-21-17/h5-9,12H,10-11H2,1-4H3. The number of rotatable bonds is 6. The topological polar surface area (TPSA) is 74.3 Å². The van der Waals surface area contributed by atoms with E-state index in [1.54, 1.807) is 6.07 Å². The van der Waals surface area contributed by atoms with Crippen molar-refractivity contribution in [3.05, 3.63) is 53.0 Å². The van der Waals surface area contributed by atoms with Crippen molar-refractivity contribution in [3.8, 4) is 0 Å². The van der Waals surface area contributed by atoms with Crippen LogP contribution in [0.4, 0.5) is 0 Å². The van der Waals surface area contributed by atoms with E-state index in [4.69, 9.17) is 9.26 Å². The molecule has 0 atom stereocenters. The summed E-state index contributed by atoms with van der Waals surface area (Å²) in [6, 6.07) is 9.41. The second-order valence-electron chi connectivity index (χ2n) is 6.63. The number of aryl methyl sites for hydroxylation is 1. The van der Waals surface area contributed by atoms with Gasteiger partial charge in [-0.05, 0) is 45.9 Å². The Hall–Kier alpha value is -2.89. The smallest absolute Gasteiger partial charge is 0.312 e. The van der Waals surface area contributed by atoms with E-state index in [9.17, 15) is 9.59 Å². The maximum absolute atomic E-state index is 12.4. The number of hydrogen-bond acceptors (Lipinski definition) is 5. The molecular weight excluding hydrogens is 332 g/mol. The summed E-state index contributed by atoms with van der Waals surface area (Å²) in [4.78, 5) is 24.5. The Bertz CT molecular complexity index is 966. The molecule has 0 aliphatic heterocycles. The highest BCUT2D eigenvalue weighted by Gasteiger charge is 2.19. The summed E-state index contributed by atoms with van der Waals surface area (Å²) < 4.78 is 12.4. The Morgan fingerprint density at radius 1 is 1.23 bits per heavy atom. The van der Waals surface area contributed by atoms with Crippen LogP contribution in [0.15, 0.2) is 34.9 Å². The molecule has 136 valence electrons. The first-order chi connectivity index (χ1) is 12.4. The van der Waals surface area contributed by atoms with Crippen molar-refractivity contribution in [2.75, 3.05) is 6.61 Å². The molecule has 26 heavy (non-hydrogen) atoms. The van der Waals surface area contributed by atoms with E-state index in [1.165, 1.54) is 0 Å². The maximum Gasteiger partial charge on any atom is 0.312 e. The molecule has 0 fully saturated rings. The number of esters is 1. The Morgan fingerprint density at radius 2 is 1.96 bits per heavy atom. The van der Waals surface area contributed by atoms with Crippen LogP contribution >= 0.6 is 0 Å². The van der Waals surface area contributed by atoms with Crippen LogP contribution in [0.5, 0.6) is 0 Å². The highest BCUT2D eigenvalue weighted by atomic mass is 16.5. The molecule has 0 aliphatic rings. The zero-order chi connectivity index (χ0) is 18.8. The van der Waals surface area contributed by atoms with Crippen molar-refractivity contribution in [2.24, 2.45) is 0 Å². The van der Waals surface area contributed by atoms with Gasteiger partial charge in [0, 0.05) is 28.4 Å². The van der Waals surface area contributed by atoms with E-state index in [0.717, 1.165) is 16.8 Å². The quantitative estimate of drug-likeness (QED) is 0.497. The second kappa shape index (κ2) is 7.15. The van der Waals surface area contributed by atoms with Crippen LogP contribution in [0.25, 0.3) is 11.0 Å². The summed E-state index contributed by atoms with van der Waals surface area (Å²) in [6.45, 7) is 7.72. The van der Waals surface area contributed by atoms with E-state index in [2.05, 4.69) is 23.6 Å². The number of carbonyl (C=O) groups excluding carboxylic acids is 2. The van der Waals surface area contributed by atoms with Crippen molar-refractivity contribution in [1.82, 2.24) is 9.72 Å². The minimum absolute atomic E-state index is 0.0324. The highest BCUT2D eigenvalue weighted by molar-refractivity contribution is 5.99. The summed E-state index contributed by atoms with van der Waals surface area (Å²) in [7, 11) is 0. The molecule has 0 N–H and O–H groups in total. The summed E-state index contributed by atoms with van der Waals surface area (Å²) in [5, 5.41) is 4.68. The number of fused-ring (bicyclic) bond motifs is 1. The third-order valence-corrected chi connectivity index (χ3v) is 4.43. The lowest BCUT2D eigenvalue weighted by Gasteiger charge is -2.13. The van der Waals surface area contributed by atoms with E-state index in [1.807, 2.05) is 38.1 Å². The molecule has 3 aromatic rings. The van der Waals surface area contributed by atoms with Crippen LogP contribution in [0.2, 0.25) is 0 Å². The first-order valence-electron chi connectivity index (χ1n) is 8.59. The number of hydrogen-bond donors (Lipinski definition) is 0. The Kier molecular flexibility index (Phi) is 4.93. The van der Waals surface area contributed by atoms with E-state index < -0.39 is 5.97 Å². The van der Waals surface area contributed by atoms with Gasteiger partial charge in [0.05, 0.1) is 6.42 Å². The Balaban J connectivity index is 1.64. The predicted molar refractivity (Wildman–Crippen MR) is 97.3 cm³/mol. The fourth-order valence-corrected chi connectivity index (χ4v) is 3.33. The molecule has 0 spiro atoms. The zero-order valence-electron chi connectivity index (χ0n) is 15.4. The summed E-state index contributed by atoms with van der Waals surface area (Å²) >= 11 is 0. The van der Waals surface area contributed by atoms with Gasteiger partial charge in [-0.15, -0.1) is 0 Å². The van der Waals surface area contributed by atoms with Crippen LogP contribution in [0.3, 0.4) is 0 Å². The lowest BCUT2D eigenvalue weighted by molar-refractivity contribution is -0.141. The molecule has 0 bridgehead atoms. The minimum atomic E-state index is -0.505. The van der Waals surface area contributed by atoms with Crippen LogP contribution in [0.1, 0.15) is 47.3 Å². The molecule has 0 aliphatic carbocycles. The molecule has 6 nitrogen and oxygen atoms in total. The summed E-state index contributed by atoms with van der Waals surface area (Å²) in [5.74, 6) is -0.710. The number of aromatic nitrogens is 2. The number of Topliss-reactive ketones (excluding diaryl/α,β-unsaturated/α-hetero) is 1. The van der Waals surface area contributed by atoms with Crippen LogP contribution in [-0.4, -0.2) is 28.1 Å². The first kappa shape index (κ1) is 17.9. The van der Waals surface area contributed by atoms with Crippen molar-refractivity contribution < 1.29 is 18.8 Å². The van der Waals surface area contributed by atoms with E-state index in [-0.39, 0.29) is 24.9 Å². The molecule has 1 aromatic carbocycles. The van der Waals surface area contributed by atoms with Gasteiger partial charge in [-0.1, -0.05) is 17.3 Å². The minimum Gasteiger partial charge on any atom is -0.457 e. The number of benzene rings is 1. The number of carbonyl (C=O) groups is 2. The summed E-state index contributed by atoms with van der Waals surface area (Å²) in [5.41, 5.74) is 3.63. The van der Waals surface area contributed by atoms with Gasteiger partial charge < -0.3 is 13.8 Å². The molecule has 0 saturated carbocycles. The first-order valence-corrected chi connectivity index (χ1v) is 8.59. The summed E-state index contributed by atoms with van der Waals surface area (Å²) in [6.07, 6.45) is -0.0324. The molecule has 2 aromatic heterocycles. The van der Waals surface area contributed by atoms with Crippen LogP contribution < -0.4 is 0 Å². The van der Waals surface area contributed by atoms with Gasteiger partial charge in [-0.25, -0.2) is 0 Å². The number of ketones is 1. The molecule has 0 saturated heterocycles. The molecule has 0 unspecified atom stereocenters. The van der Waals surface area contributed by atoms with Gasteiger partial charge in [0.2, 0.25) is 5.78 Å². The fourth-order valence-electron chi connectivity index (χ4n) is 3.33. The number of ether oxygens (including phenoxy) is 1. The average Bonchev–Trinajstić information content (AvgIpc) is 3.13. The zero-order valence-corrected chi connectivity index (χ0v) is 15.4. The van der Waals surface area contributed by atoms with Gasteiger partial charge in [-0.3, -0.25) is 9.59 Å². The monoisotopic (exact) mass is 354 g/mol. The lowest BCUT2D eigenvalue weighted by Crippen LogP contribution is -2.16. The molecule has 3 rings (SSSR count). The molecule has 6 heteroatoms. The van der Waals surface area contributed by atoms with Crippen LogP contribution in [-0.2, 0) is 16.0 Å². The van der Waals surface area contributed by atoms with E-state index in [0.29, 0.717) is 16.8 Å². The fraction of sp³-hybridized carbons (Fsp3) is 0.350. The SMILES string of the molecule is Cc1cc(C(=O)COC(=O)Cc2noc3ccccc23)c(C)n1C(C)C. The molecule has 0 radical (unpaired) electrons. The molecule has 2 heterocycles. The number of nitrogens with zero attached hydrogens (tertiary/aromatic N) is 2.